The minimum Gasteiger partial charge on any atom is -0.355 e. The standard InChI is InChI=1S/C12H16N4O3/c1-9(17)14-5-6-15-11(18)8-16-12(19)10-3-2-4-13-7-10/h2-4,7H,5-6,8H2,1H3,(H,14,17)(H,15,18)(H,16,19). The SMILES string of the molecule is CC(=O)NCCNC(=O)CNC(=O)c1cccnc1. The summed E-state index contributed by atoms with van der Waals surface area (Å²) in [6.07, 6.45) is 2.98. The van der Waals surface area contributed by atoms with Crippen molar-refractivity contribution >= 4 is 17.7 Å². The number of hydrogen-bond acceptors (Lipinski definition) is 4. The number of amides is 3. The van der Waals surface area contributed by atoms with Crippen LogP contribution in [0.2, 0.25) is 0 Å². The molecule has 0 aliphatic carbocycles. The molecule has 0 saturated heterocycles. The maximum atomic E-state index is 11.6. The Labute approximate surface area is 110 Å². The number of nitrogens with zero attached hydrogens (tertiary/aromatic N) is 1. The first kappa shape index (κ1) is 14.6. The van der Waals surface area contributed by atoms with Crippen LogP contribution in [0.25, 0.3) is 0 Å². The topological polar surface area (TPSA) is 100 Å². The fourth-order valence-electron chi connectivity index (χ4n) is 1.26. The molecular formula is C12H16N4O3. The Morgan fingerprint density at radius 2 is 1.89 bits per heavy atom. The van der Waals surface area contributed by atoms with E-state index in [1.807, 2.05) is 0 Å². The second-order valence-corrected chi connectivity index (χ2v) is 3.76. The fourth-order valence-corrected chi connectivity index (χ4v) is 1.26. The predicted molar refractivity (Wildman–Crippen MR) is 68.3 cm³/mol. The van der Waals surface area contributed by atoms with Crippen molar-refractivity contribution in [2.24, 2.45) is 0 Å². The molecule has 1 aromatic rings. The van der Waals surface area contributed by atoms with E-state index in [0.717, 1.165) is 0 Å². The zero-order chi connectivity index (χ0) is 14.1. The van der Waals surface area contributed by atoms with E-state index in [-0.39, 0.29) is 24.3 Å². The molecule has 0 atom stereocenters. The summed E-state index contributed by atoms with van der Waals surface area (Å²) in [7, 11) is 0. The molecule has 7 heteroatoms. The molecule has 0 bridgehead atoms. The molecule has 19 heavy (non-hydrogen) atoms. The van der Waals surface area contributed by atoms with Gasteiger partial charge in [-0.3, -0.25) is 19.4 Å². The molecule has 1 aromatic heterocycles. The molecule has 0 aliphatic heterocycles. The van der Waals surface area contributed by atoms with Gasteiger partial charge < -0.3 is 16.0 Å². The first-order valence-electron chi connectivity index (χ1n) is 5.79. The third-order valence-corrected chi connectivity index (χ3v) is 2.15. The van der Waals surface area contributed by atoms with Gasteiger partial charge >= 0.3 is 0 Å². The van der Waals surface area contributed by atoms with Gasteiger partial charge in [-0.05, 0) is 12.1 Å². The Morgan fingerprint density at radius 3 is 2.53 bits per heavy atom. The maximum absolute atomic E-state index is 11.6. The maximum Gasteiger partial charge on any atom is 0.253 e. The van der Waals surface area contributed by atoms with E-state index in [2.05, 4.69) is 20.9 Å². The molecule has 0 aromatic carbocycles. The molecule has 0 aliphatic rings. The van der Waals surface area contributed by atoms with E-state index < -0.39 is 0 Å². The van der Waals surface area contributed by atoms with Crippen molar-refractivity contribution in [3.63, 3.8) is 0 Å². The van der Waals surface area contributed by atoms with E-state index in [0.29, 0.717) is 18.7 Å². The van der Waals surface area contributed by atoms with Crippen LogP contribution in [0, 0.1) is 0 Å². The van der Waals surface area contributed by atoms with Crippen LogP contribution in [-0.2, 0) is 9.59 Å². The van der Waals surface area contributed by atoms with Crippen molar-refractivity contribution < 1.29 is 14.4 Å². The molecule has 0 unspecified atom stereocenters. The molecule has 0 radical (unpaired) electrons. The van der Waals surface area contributed by atoms with Crippen LogP contribution in [0.4, 0.5) is 0 Å². The van der Waals surface area contributed by atoms with Gasteiger partial charge in [0.05, 0.1) is 12.1 Å². The number of carbonyl (C=O) groups is 3. The highest BCUT2D eigenvalue weighted by molar-refractivity contribution is 5.96. The molecule has 0 spiro atoms. The van der Waals surface area contributed by atoms with Crippen LogP contribution in [0.15, 0.2) is 24.5 Å². The Balaban J connectivity index is 2.20. The Hall–Kier alpha value is -2.44. The predicted octanol–water partition coefficient (Wildman–Crippen LogP) is -0.936. The summed E-state index contributed by atoms with van der Waals surface area (Å²) in [4.78, 5) is 37.3. The summed E-state index contributed by atoms with van der Waals surface area (Å²) >= 11 is 0. The summed E-state index contributed by atoms with van der Waals surface area (Å²) in [5, 5.41) is 7.57. The van der Waals surface area contributed by atoms with Crippen molar-refractivity contribution in [3.05, 3.63) is 30.1 Å². The minimum absolute atomic E-state index is 0.117. The number of pyridine rings is 1. The van der Waals surface area contributed by atoms with Crippen molar-refractivity contribution in [3.8, 4) is 0 Å². The van der Waals surface area contributed by atoms with E-state index >= 15 is 0 Å². The van der Waals surface area contributed by atoms with Crippen molar-refractivity contribution in [1.82, 2.24) is 20.9 Å². The largest absolute Gasteiger partial charge is 0.355 e. The number of aromatic nitrogens is 1. The quantitative estimate of drug-likeness (QED) is 0.577. The first-order chi connectivity index (χ1) is 9.09. The fraction of sp³-hybridized carbons (Fsp3) is 0.333. The summed E-state index contributed by atoms with van der Waals surface area (Å²) in [6.45, 7) is 1.96. The smallest absolute Gasteiger partial charge is 0.253 e. The number of carbonyl (C=O) groups excluding carboxylic acids is 3. The van der Waals surface area contributed by atoms with Crippen LogP contribution < -0.4 is 16.0 Å². The van der Waals surface area contributed by atoms with Gasteiger partial charge in [0.2, 0.25) is 11.8 Å². The van der Waals surface area contributed by atoms with Gasteiger partial charge in [0.15, 0.2) is 0 Å². The van der Waals surface area contributed by atoms with Crippen LogP contribution in [0.5, 0.6) is 0 Å². The van der Waals surface area contributed by atoms with Gasteiger partial charge in [-0.2, -0.15) is 0 Å². The highest BCUT2D eigenvalue weighted by Gasteiger charge is 2.07. The summed E-state index contributed by atoms with van der Waals surface area (Å²) in [5.74, 6) is -0.827. The van der Waals surface area contributed by atoms with Gasteiger partial charge in [-0.1, -0.05) is 0 Å². The van der Waals surface area contributed by atoms with Crippen LogP contribution in [0.1, 0.15) is 17.3 Å². The molecular weight excluding hydrogens is 248 g/mol. The zero-order valence-electron chi connectivity index (χ0n) is 10.6. The average Bonchev–Trinajstić information content (AvgIpc) is 2.41. The second-order valence-electron chi connectivity index (χ2n) is 3.76. The number of hydrogen-bond donors (Lipinski definition) is 3. The summed E-state index contributed by atoms with van der Waals surface area (Å²) < 4.78 is 0. The minimum atomic E-state index is -0.356. The lowest BCUT2D eigenvalue weighted by Gasteiger charge is -2.07. The molecule has 3 amide bonds. The van der Waals surface area contributed by atoms with E-state index in [9.17, 15) is 14.4 Å². The monoisotopic (exact) mass is 264 g/mol. The molecule has 102 valence electrons. The van der Waals surface area contributed by atoms with Crippen LogP contribution in [-0.4, -0.2) is 42.3 Å². The number of rotatable bonds is 6. The first-order valence-corrected chi connectivity index (χ1v) is 5.79. The van der Waals surface area contributed by atoms with Crippen molar-refractivity contribution in [1.29, 1.82) is 0 Å². The lowest BCUT2D eigenvalue weighted by molar-refractivity contribution is -0.121. The third kappa shape index (κ3) is 6.16. The Morgan fingerprint density at radius 1 is 1.16 bits per heavy atom. The third-order valence-electron chi connectivity index (χ3n) is 2.15. The molecule has 0 fully saturated rings. The summed E-state index contributed by atoms with van der Waals surface area (Å²) in [6, 6.07) is 3.25. The Bertz CT molecular complexity index is 448. The lowest BCUT2D eigenvalue weighted by Crippen LogP contribution is -2.40. The van der Waals surface area contributed by atoms with Gasteiger partial charge in [0.25, 0.3) is 5.91 Å². The van der Waals surface area contributed by atoms with Crippen LogP contribution >= 0.6 is 0 Å². The highest BCUT2D eigenvalue weighted by atomic mass is 16.2. The van der Waals surface area contributed by atoms with Crippen molar-refractivity contribution in [2.75, 3.05) is 19.6 Å². The van der Waals surface area contributed by atoms with Crippen LogP contribution in [0.3, 0.4) is 0 Å². The zero-order valence-corrected chi connectivity index (χ0v) is 10.6. The second kappa shape index (κ2) is 7.80. The Kier molecular flexibility index (Phi) is 6.00. The molecule has 3 N–H and O–H groups in total. The highest BCUT2D eigenvalue weighted by Crippen LogP contribution is 1.94. The lowest BCUT2D eigenvalue weighted by atomic mass is 10.3. The van der Waals surface area contributed by atoms with Gasteiger partial charge in [-0.15, -0.1) is 0 Å². The van der Waals surface area contributed by atoms with E-state index in [4.69, 9.17) is 0 Å². The number of nitrogens with one attached hydrogen (secondary N) is 3. The van der Waals surface area contributed by atoms with Crippen molar-refractivity contribution in [2.45, 2.75) is 6.92 Å². The van der Waals surface area contributed by atoms with Gasteiger partial charge in [0, 0.05) is 32.4 Å². The molecule has 1 heterocycles. The summed E-state index contributed by atoms with van der Waals surface area (Å²) in [5.41, 5.74) is 0.397. The van der Waals surface area contributed by atoms with Gasteiger partial charge in [-0.25, -0.2) is 0 Å². The average molecular weight is 264 g/mol. The molecule has 1 rings (SSSR count). The van der Waals surface area contributed by atoms with E-state index in [1.165, 1.54) is 13.1 Å². The normalized spacial score (nSPS) is 9.53. The molecule has 7 nitrogen and oxygen atoms in total. The van der Waals surface area contributed by atoms with Gasteiger partial charge in [0.1, 0.15) is 0 Å². The molecule has 0 saturated carbocycles. The van der Waals surface area contributed by atoms with E-state index in [1.54, 1.807) is 18.3 Å².